The van der Waals surface area contributed by atoms with E-state index < -0.39 is 15.9 Å². The zero-order chi connectivity index (χ0) is 22.7. The monoisotopic (exact) mass is 472 g/mol. The summed E-state index contributed by atoms with van der Waals surface area (Å²) in [5, 5.41) is 9.41. The topological polar surface area (TPSA) is 94.4 Å². The molecule has 0 radical (unpaired) electrons. The number of ether oxygens (including phenoxy) is 1. The van der Waals surface area contributed by atoms with Crippen LogP contribution in [0.3, 0.4) is 0 Å². The molecule has 8 nitrogen and oxygen atoms in total. The normalized spacial score (nSPS) is 14.6. The number of nitrogens with zero attached hydrogens (tertiary/aromatic N) is 4. The number of methoxy groups -OCH3 is 1. The minimum absolute atomic E-state index is 0.0685. The minimum atomic E-state index is -3.80. The first kappa shape index (κ1) is 22.3. The summed E-state index contributed by atoms with van der Waals surface area (Å²) in [6.07, 6.45) is 1.98. The average Bonchev–Trinajstić information content (AvgIpc) is 3.30. The van der Waals surface area contributed by atoms with E-state index in [9.17, 15) is 13.2 Å². The molecule has 2 aromatic carbocycles. The van der Waals surface area contributed by atoms with Crippen LogP contribution in [-0.2, 0) is 16.6 Å². The number of thioether (sulfide) groups is 1. The van der Waals surface area contributed by atoms with Crippen molar-refractivity contribution >= 4 is 27.7 Å². The van der Waals surface area contributed by atoms with Crippen LogP contribution < -0.4 is 4.74 Å². The molecule has 0 aliphatic carbocycles. The number of hydrogen-bond acceptors (Lipinski definition) is 7. The van der Waals surface area contributed by atoms with E-state index in [1.54, 1.807) is 25.3 Å². The third-order valence-electron chi connectivity index (χ3n) is 5.24. The first-order chi connectivity index (χ1) is 15.5. The summed E-state index contributed by atoms with van der Waals surface area (Å²) in [7, 11) is -2.18. The molecule has 0 spiro atoms. The van der Waals surface area contributed by atoms with Gasteiger partial charge in [-0.2, -0.15) is 0 Å². The molecule has 1 amide bonds. The molecule has 168 valence electrons. The number of carbonyl (C=O) groups is 1. The van der Waals surface area contributed by atoms with Crippen LogP contribution in [0.25, 0.3) is 11.4 Å². The van der Waals surface area contributed by atoms with Crippen molar-refractivity contribution in [2.45, 2.75) is 36.4 Å². The van der Waals surface area contributed by atoms with Gasteiger partial charge < -0.3 is 9.30 Å². The second-order valence-electron chi connectivity index (χ2n) is 7.27. The van der Waals surface area contributed by atoms with Crippen molar-refractivity contribution in [1.82, 2.24) is 19.1 Å². The van der Waals surface area contributed by atoms with Gasteiger partial charge in [-0.25, -0.2) is 12.7 Å². The lowest BCUT2D eigenvalue weighted by Gasteiger charge is -2.15. The summed E-state index contributed by atoms with van der Waals surface area (Å²) in [5.74, 6) is 1.42. The average molecular weight is 473 g/mol. The highest BCUT2D eigenvalue weighted by Gasteiger charge is 2.40. The Bertz CT molecular complexity index is 1220. The fourth-order valence-corrected chi connectivity index (χ4v) is 6.11. The van der Waals surface area contributed by atoms with Gasteiger partial charge in [-0.1, -0.05) is 37.2 Å². The highest BCUT2D eigenvalue weighted by molar-refractivity contribution is 7.99. The first-order valence-corrected chi connectivity index (χ1v) is 12.8. The van der Waals surface area contributed by atoms with Gasteiger partial charge >= 0.3 is 0 Å². The van der Waals surface area contributed by atoms with E-state index in [1.807, 2.05) is 28.8 Å². The number of sulfonamides is 1. The van der Waals surface area contributed by atoms with Gasteiger partial charge in [0.2, 0.25) is 0 Å². The zero-order valence-corrected chi connectivity index (χ0v) is 19.5. The maximum absolute atomic E-state index is 12.7. The summed E-state index contributed by atoms with van der Waals surface area (Å²) in [6, 6.07) is 13.9. The Hall–Kier alpha value is -2.85. The van der Waals surface area contributed by atoms with E-state index in [0.29, 0.717) is 10.9 Å². The maximum Gasteiger partial charge on any atom is 0.269 e. The van der Waals surface area contributed by atoms with Crippen LogP contribution in [0.5, 0.6) is 5.75 Å². The van der Waals surface area contributed by atoms with Crippen molar-refractivity contribution < 1.29 is 17.9 Å². The Labute approximate surface area is 191 Å². The fourth-order valence-electron chi connectivity index (χ4n) is 3.54. The molecule has 0 fully saturated rings. The van der Waals surface area contributed by atoms with Gasteiger partial charge in [0, 0.05) is 24.4 Å². The molecule has 0 saturated carbocycles. The van der Waals surface area contributed by atoms with Crippen LogP contribution in [0.15, 0.2) is 58.6 Å². The van der Waals surface area contributed by atoms with Crippen molar-refractivity contribution in [2.24, 2.45) is 0 Å². The third-order valence-corrected chi connectivity index (χ3v) is 8.03. The fraction of sp³-hybridized carbons (Fsp3) is 0.318. The van der Waals surface area contributed by atoms with Crippen LogP contribution in [0.1, 0.15) is 30.1 Å². The molecule has 0 N–H and O–H groups in total. The zero-order valence-electron chi connectivity index (χ0n) is 17.9. The molecule has 1 aliphatic heterocycles. The second kappa shape index (κ2) is 9.33. The summed E-state index contributed by atoms with van der Waals surface area (Å²) >= 11 is 1.40. The molecule has 0 atom stereocenters. The van der Waals surface area contributed by atoms with E-state index in [1.165, 1.54) is 17.8 Å². The number of rotatable bonds is 9. The quantitative estimate of drug-likeness (QED) is 0.438. The van der Waals surface area contributed by atoms with Crippen molar-refractivity contribution in [3.63, 3.8) is 0 Å². The Kier molecular flexibility index (Phi) is 6.52. The van der Waals surface area contributed by atoms with Crippen molar-refractivity contribution in [1.29, 1.82) is 0 Å². The molecular formula is C22H24N4O4S2. The van der Waals surface area contributed by atoms with E-state index in [-0.39, 0.29) is 17.0 Å². The van der Waals surface area contributed by atoms with Crippen LogP contribution in [-0.4, -0.2) is 52.8 Å². The molecular weight excluding hydrogens is 448 g/mol. The molecule has 32 heavy (non-hydrogen) atoms. The van der Waals surface area contributed by atoms with E-state index >= 15 is 0 Å². The van der Waals surface area contributed by atoms with Crippen LogP contribution in [0, 0.1) is 0 Å². The lowest BCUT2D eigenvalue weighted by Crippen LogP contribution is -2.32. The Morgan fingerprint density at radius 2 is 1.78 bits per heavy atom. The van der Waals surface area contributed by atoms with E-state index in [4.69, 9.17) is 4.74 Å². The van der Waals surface area contributed by atoms with Gasteiger partial charge in [0.1, 0.15) is 10.6 Å². The third kappa shape index (κ3) is 4.12. The van der Waals surface area contributed by atoms with Gasteiger partial charge in [0.15, 0.2) is 11.0 Å². The van der Waals surface area contributed by atoms with Crippen LogP contribution in [0.4, 0.5) is 0 Å². The molecule has 0 saturated heterocycles. The highest BCUT2D eigenvalue weighted by atomic mass is 32.2. The molecule has 0 unspecified atom stereocenters. The van der Waals surface area contributed by atoms with Crippen LogP contribution in [0.2, 0.25) is 0 Å². The summed E-state index contributed by atoms with van der Waals surface area (Å²) in [6.45, 7) is 2.93. The van der Waals surface area contributed by atoms with Gasteiger partial charge in [0.25, 0.3) is 15.9 Å². The second-order valence-corrected chi connectivity index (χ2v) is 10.2. The number of amides is 1. The lowest BCUT2D eigenvalue weighted by molar-refractivity contribution is 0.0876. The molecule has 10 heteroatoms. The molecule has 4 rings (SSSR count). The summed E-state index contributed by atoms with van der Waals surface area (Å²) < 4.78 is 33.7. The predicted octanol–water partition coefficient (Wildman–Crippen LogP) is 3.69. The first-order valence-electron chi connectivity index (χ1n) is 10.3. The van der Waals surface area contributed by atoms with Crippen LogP contribution >= 0.6 is 11.8 Å². The van der Waals surface area contributed by atoms with E-state index in [2.05, 4.69) is 17.1 Å². The van der Waals surface area contributed by atoms with Gasteiger partial charge in [-0.15, -0.1) is 10.2 Å². The highest BCUT2D eigenvalue weighted by Crippen LogP contribution is 2.31. The molecule has 3 aromatic rings. The summed E-state index contributed by atoms with van der Waals surface area (Å²) in [4.78, 5) is 12.7. The number of hydrogen-bond donors (Lipinski definition) is 0. The van der Waals surface area contributed by atoms with E-state index in [0.717, 1.165) is 40.8 Å². The lowest BCUT2D eigenvalue weighted by atomic mass is 10.2. The number of unbranched alkanes of at least 4 members (excludes halogenated alkanes) is 1. The standard InChI is InChI=1S/C22H24N4O4S2/c1-3-4-13-25-20(16-9-11-17(30-2)12-10-16)23-24-22(25)31-15-14-26-21(27)18-7-5-6-8-19(18)32(26,28)29/h5-12H,3-4,13-15H2,1-2H3. The van der Waals surface area contributed by atoms with Crippen molar-refractivity contribution in [3.8, 4) is 17.1 Å². The minimum Gasteiger partial charge on any atom is -0.497 e. The van der Waals surface area contributed by atoms with Gasteiger partial charge in [-0.3, -0.25) is 4.79 Å². The molecule has 0 bridgehead atoms. The Balaban J connectivity index is 1.51. The SMILES string of the molecule is CCCCn1c(SCCN2C(=O)c3ccccc3S2(=O)=O)nnc1-c1ccc(OC)cc1. The molecule has 1 aliphatic rings. The predicted molar refractivity (Wildman–Crippen MR) is 122 cm³/mol. The number of carbonyl (C=O) groups excluding carboxylic acids is 1. The Morgan fingerprint density at radius 3 is 2.47 bits per heavy atom. The number of benzene rings is 2. The smallest absolute Gasteiger partial charge is 0.269 e. The number of aromatic nitrogens is 3. The maximum atomic E-state index is 12.7. The Morgan fingerprint density at radius 1 is 1.03 bits per heavy atom. The summed E-state index contributed by atoms with van der Waals surface area (Å²) in [5.41, 5.74) is 1.15. The van der Waals surface area contributed by atoms with Gasteiger partial charge in [-0.05, 0) is 42.8 Å². The molecule has 2 heterocycles. The number of fused-ring (bicyclic) bond motifs is 1. The largest absolute Gasteiger partial charge is 0.497 e. The van der Waals surface area contributed by atoms with Gasteiger partial charge in [0.05, 0.1) is 12.7 Å². The molecule has 1 aromatic heterocycles. The van der Waals surface area contributed by atoms with Crippen molar-refractivity contribution in [2.75, 3.05) is 19.4 Å². The van der Waals surface area contributed by atoms with Crippen molar-refractivity contribution in [3.05, 3.63) is 54.1 Å².